The molecule has 2 aromatic carbocycles. The predicted octanol–water partition coefficient (Wildman–Crippen LogP) is 5.27. The minimum atomic E-state index is -2.84. The number of benzene rings is 2. The number of aromatic nitrogens is 1. The van der Waals surface area contributed by atoms with Crippen LogP contribution in [0.3, 0.4) is 0 Å². The standard InChI is InChI=1S/C19H16ClF2N3OS/c1-2-23-19-25(17(12-27-19)14-5-7-15(20)8-6-14)24-11-13-3-9-16(10-4-13)26-18(21)22/h3-12,18H,2H2,1H3. The number of nitrogens with zero attached hydrogens (tertiary/aromatic N) is 3. The Morgan fingerprint density at radius 2 is 1.85 bits per heavy atom. The highest BCUT2D eigenvalue weighted by molar-refractivity contribution is 7.07. The molecule has 0 amide bonds. The number of hydrogen-bond acceptors (Lipinski definition) is 4. The van der Waals surface area contributed by atoms with Crippen LogP contribution in [0, 0.1) is 0 Å². The van der Waals surface area contributed by atoms with Gasteiger partial charge in [-0.25, -0.2) is 4.68 Å². The zero-order valence-corrected chi connectivity index (χ0v) is 15.9. The van der Waals surface area contributed by atoms with E-state index in [1.807, 2.05) is 36.6 Å². The van der Waals surface area contributed by atoms with Crippen LogP contribution < -0.4 is 9.54 Å². The maximum atomic E-state index is 12.2. The summed E-state index contributed by atoms with van der Waals surface area (Å²) in [6.45, 7) is -0.251. The van der Waals surface area contributed by atoms with Gasteiger partial charge in [0.05, 0.1) is 11.9 Å². The number of hydrogen-bond donors (Lipinski definition) is 0. The fraction of sp³-hybridized carbons (Fsp3) is 0.158. The van der Waals surface area contributed by atoms with E-state index in [0.717, 1.165) is 21.6 Å². The Labute approximate surface area is 164 Å². The molecule has 0 spiro atoms. The molecule has 27 heavy (non-hydrogen) atoms. The molecule has 0 fully saturated rings. The van der Waals surface area contributed by atoms with Crippen molar-refractivity contribution in [3.63, 3.8) is 0 Å². The van der Waals surface area contributed by atoms with Crippen molar-refractivity contribution in [3.05, 3.63) is 69.3 Å². The van der Waals surface area contributed by atoms with E-state index in [0.29, 0.717) is 11.6 Å². The summed E-state index contributed by atoms with van der Waals surface area (Å²) in [5.74, 6) is 0.105. The van der Waals surface area contributed by atoms with Crippen molar-refractivity contribution < 1.29 is 13.5 Å². The van der Waals surface area contributed by atoms with Crippen LogP contribution in [-0.2, 0) is 0 Å². The van der Waals surface area contributed by atoms with Gasteiger partial charge in [-0.15, -0.1) is 11.3 Å². The first-order valence-corrected chi connectivity index (χ1v) is 9.39. The van der Waals surface area contributed by atoms with Crippen LogP contribution in [0.1, 0.15) is 12.5 Å². The lowest BCUT2D eigenvalue weighted by Crippen LogP contribution is -2.12. The summed E-state index contributed by atoms with van der Waals surface area (Å²) in [7, 11) is 0. The summed E-state index contributed by atoms with van der Waals surface area (Å²) < 4.78 is 30.6. The van der Waals surface area contributed by atoms with Gasteiger partial charge in [-0.3, -0.25) is 4.99 Å². The third-order valence-electron chi connectivity index (χ3n) is 3.55. The van der Waals surface area contributed by atoms with E-state index in [1.165, 1.54) is 23.5 Å². The second-order valence-electron chi connectivity index (χ2n) is 5.39. The minimum absolute atomic E-state index is 0.105. The van der Waals surface area contributed by atoms with Crippen molar-refractivity contribution in [3.8, 4) is 17.0 Å². The number of halogens is 3. The summed E-state index contributed by atoms with van der Waals surface area (Å²) >= 11 is 7.46. The molecule has 0 aliphatic heterocycles. The molecule has 3 aromatic rings. The largest absolute Gasteiger partial charge is 0.435 e. The molecule has 0 atom stereocenters. The summed E-state index contributed by atoms with van der Waals surface area (Å²) in [6.07, 6.45) is 1.65. The molecule has 0 aliphatic rings. The van der Waals surface area contributed by atoms with Crippen LogP contribution in [-0.4, -0.2) is 24.0 Å². The zero-order chi connectivity index (χ0) is 19.2. The smallest absolute Gasteiger partial charge is 0.387 e. The van der Waals surface area contributed by atoms with E-state index in [-0.39, 0.29) is 5.75 Å². The Balaban J connectivity index is 1.93. The average Bonchev–Trinajstić information content (AvgIpc) is 3.04. The van der Waals surface area contributed by atoms with Crippen LogP contribution in [0.25, 0.3) is 11.3 Å². The highest BCUT2D eigenvalue weighted by Gasteiger charge is 2.07. The Hall–Kier alpha value is -2.51. The Kier molecular flexibility index (Phi) is 6.36. The maximum Gasteiger partial charge on any atom is 0.387 e. The van der Waals surface area contributed by atoms with Crippen molar-refractivity contribution in [2.24, 2.45) is 10.1 Å². The monoisotopic (exact) mass is 407 g/mol. The van der Waals surface area contributed by atoms with Crippen LogP contribution >= 0.6 is 22.9 Å². The molecule has 4 nitrogen and oxygen atoms in total. The molecule has 0 bridgehead atoms. The van der Waals surface area contributed by atoms with E-state index in [1.54, 1.807) is 23.0 Å². The second kappa shape index (κ2) is 8.92. The van der Waals surface area contributed by atoms with Gasteiger partial charge in [0.15, 0.2) is 0 Å². The molecule has 1 heterocycles. The van der Waals surface area contributed by atoms with Crippen LogP contribution in [0.15, 0.2) is 64.0 Å². The quantitative estimate of drug-likeness (QED) is 0.513. The topological polar surface area (TPSA) is 38.9 Å². The molecule has 1 aromatic heterocycles. The first kappa shape index (κ1) is 19.3. The molecule has 0 saturated heterocycles. The molecule has 3 rings (SSSR count). The molecule has 8 heteroatoms. The highest BCUT2D eigenvalue weighted by atomic mass is 35.5. The van der Waals surface area contributed by atoms with Crippen LogP contribution in [0.2, 0.25) is 5.02 Å². The number of ether oxygens (including phenoxy) is 1. The molecule has 0 aliphatic carbocycles. The van der Waals surface area contributed by atoms with Gasteiger partial charge in [0, 0.05) is 22.5 Å². The third kappa shape index (κ3) is 5.02. The lowest BCUT2D eigenvalue weighted by Gasteiger charge is -2.05. The highest BCUT2D eigenvalue weighted by Crippen LogP contribution is 2.22. The molecule has 0 saturated carbocycles. The van der Waals surface area contributed by atoms with Crippen molar-refractivity contribution in [2.45, 2.75) is 13.5 Å². The van der Waals surface area contributed by atoms with Crippen molar-refractivity contribution in [1.82, 2.24) is 4.68 Å². The summed E-state index contributed by atoms with van der Waals surface area (Å²) in [6, 6.07) is 13.7. The van der Waals surface area contributed by atoms with E-state index in [2.05, 4.69) is 14.8 Å². The fourth-order valence-corrected chi connectivity index (χ4v) is 3.36. The van der Waals surface area contributed by atoms with Crippen LogP contribution in [0.5, 0.6) is 5.75 Å². The molecule has 0 radical (unpaired) electrons. The average molecular weight is 408 g/mol. The van der Waals surface area contributed by atoms with E-state index in [4.69, 9.17) is 11.6 Å². The second-order valence-corrected chi connectivity index (χ2v) is 6.66. The van der Waals surface area contributed by atoms with Gasteiger partial charge in [-0.05, 0) is 48.9 Å². The van der Waals surface area contributed by atoms with Crippen molar-refractivity contribution >= 4 is 29.2 Å². The first-order chi connectivity index (χ1) is 13.1. The molecular weight excluding hydrogens is 392 g/mol. The number of rotatable bonds is 6. The lowest BCUT2D eigenvalue weighted by molar-refractivity contribution is -0.0498. The van der Waals surface area contributed by atoms with E-state index >= 15 is 0 Å². The third-order valence-corrected chi connectivity index (χ3v) is 4.65. The van der Waals surface area contributed by atoms with Gasteiger partial charge in [0.25, 0.3) is 0 Å². The zero-order valence-electron chi connectivity index (χ0n) is 14.3. The SMILES string of the molecule is CCN=c1scc(-c2ccc(Cl)cc2)n1N=Cc1ccc(OC(F)F)cc1. The van der Waals surface area contributed by atoms with E-state index in [9.17, 15) is 8.78 Å². The Morgan fingerprint density at radius 1 is 1.15 bits per heavy atom. The predicted molar refractivity (Wildman–Crippen MR) is 105 cm³/mol. The Morgan fingerprint density at radius 3 is 2.48 bits per heavy atom. The summed E-state index contributed by atoms with van der Waals surface area (Å²) in [5, 5.41) is 7.17. The minimum Gasteiger partial charge on any atom is -0.435 e. The lowest BCUT2D eigenvalue weighted by atomic mass is 10.2. The van der Waals surface area contributed by atoms with Crippen molar-refractivity contribution in [2.75, 3.05) is 6.54 Å². The fourth-order valence-electron chi connectivity index (χ4n) is 2.33. The molecule has 140 valence electrons. The Bertz CT molecular complexity index is 979. The van der Waals surface area contributed by atoms with Crippen LogP contribution in [0.4, 0.5) is 8.78 Å². The van der Waals surface area contributed by atoms with Gasteiger partial charge < -0.3 is 4.74 Å². The number of thiazole rings is 1. The maximum absolute atomic E-state index is 12.2. The summed E-state index contributed by atoms with van der Waals surface area (Å²) in [4.78, 5) is 5.23. The summed E-state index contributed by atoms with van der Waals surface area (Å²) in [5.41, 5.74) is 2.60. The number of alkyl halides is 2. The molecule has 0 N–H and O–H groups in total. The molecule has 0 unspecified atom stereocenters. The van der Waals surface area contributed by atoms with E-state index < -0.39 is 6.61 Å². The van der Waals surface area contributed by atoms with Gasteiger partial charge in [-0.2, -0.15) is 13.9 Å². The normalized spacial score (nSPS) is 12.3. The first-order valence-electron chi connectivity index (χ1n) is 8.13. The van der Waals surface area contributed by atoms with Crippen molar-refractivity contribution in [1.29, 1.82) is 0 Å². The van der Waals surface area contributed by atoms with Gasteiger partial charge in [-0.1, -0.05) is 23.7 Å². The van der Waals surface area contributed by atoms with Gasteiger partial charge in [0.1, 0.15) is 5.75 Å². The van der Waals surface area contributed by atoms with Gasteiger partial charge in [0.2, 0.25) is 4.80 Å². The molecular formula is C19H16ClF2N3OS. The van der Waals surface area contributed by atoms with Gasteiger partial charge >= 0.3 is 6.61 Å².